The monoisotopic (exact) mass is 188 g/mol. The number of fused-ring (bicyclic) bond motifs is 1. The molecule has 0 fully saturated rings. The van der Waals surface area contributed by atoms with Crippen LogP contribution in [0.1, 0.15) is 23.7 Å². The zero-order valence-electron chi connectivity index (χ0n) is 8.94. The maximum atomic E-state index is 5.84. The summed E-state index contributed by atoms with van der Waals surface area (Å²) >= 11 is 0. The molecule has 0 amide bonds. The Morgan fingerprint density at radius 2 is 2.00 bits per heavy atom. The van der Waals surface area contributed by atoms with Crippen LogP contribution in [0.25, 0.3) is 10.9 Å². The van der Waals surface area contributed by atoms with Gasteiger partial charge in [-0.25, -0.2) is 0 Å². The van der Waals surface area contributed by atoms with Gasteiger partial charge in [-0.15, -0.1) is 0 Å². The summed E-state index contributed by atoms with van der Waals surface area (Å²) in [6.45, 7) is 6.39. The Kier molecular flexibility index (Phi) is 1.99. The van der Waals surface area contributed by atoms with Crippen molar-refractivity contribution in [1.82, 2.24) is 4.98 Å². The number of benzene rings is 1. The van der Waals surface area contributed by atoms with Gasteiger partial charge >= 0.3 is 0 Å². The van der Waals surface area contributed by atoms with Crippen molar-refractivity contribution >= 4 is 16.6 Å². The van der Waals surface area contributed by atoms with Crippen LogP contribution in [0, 0.1) is 13.8 Å². The molecule has 0 saturated heterocycles. The number of nitrogen functional groups attached to an aromatic ring is 1. The summed E-state index contributed by atoms with van der Waals surface area (Å²) < 4.78 is 0. The first-order valence-electron chi connectivity index (χ1n) is 5.00. The van der Waals surface area contributed by atoms with Gasteiger partial charge in [-0.3, -0.25) is 0 Å². The summed E-state index contributed by atoms with van der Waals surface area (Å²) in [4.78, 5) is 3.42. The van der Waals surface area contributed by atoms with Gasteiger partial charge in [-0.1, -0.05) is 6.92 Å². The molecule has 0 spiro atoms. The largest absolute Gasteiger partial charge is 0.399 e. The van der Waals surface area contributed by atoms with Crippen molar-refractivity contribution in [2.75, 3.05) is 5.73 Å². The zero-order chi connectivity index (χ0) is 10.3. The third-order valence-electron chi connectivity index (χ3n) is 2.80. The van der Waals surface area contributed by atoms with Gasteiger partial charge in [0.15, 0.2) is 0 Å². The van der Waals surface area contributed by atoms with Crippen molar-refractivity contribution in [2.45, 2.75) is 27.2 Å². The van der Waals surface area contributed by atoms with Gasteiger partial charge in [0, 0.05) is 22.3 Å². The Balaban J connectivity index is 2.87. The van der Waals surface area contributed by atoms with Crippen LogP contribution in [0.15, 0.2) is 12.1 Å². The van der Waals surface area contributed by atoms with E-state index in [4.69, 9.17) is 5.73 Å². The van der Waals surface area contributed by atoms with Crippen LogP contribution in [-0.4, -0.2) is 4.98 Å². The minimum Gasteiger partial charge on any atom is -0.399 e. The molecule has 1 aromatic heterocycles. The average molecular weight is 188 g/mol. The second-order valence-corrected chi connectivity index (χ2v) is 3.84. The SMILES string of the molecule is CCc1c(C)[nH]c2c(C)cc(N)cc12. The Morgan fingerprint density at radius 3 is 2.64 bits per heavy atom. The third-order valence-corrected chi connectivity index (χ3v) is 2.80. The van der Waals surface area contributed by atoms with Crippen LogP contribution in [0.4, 0.5) is 5.69 Å². The Hall–Kier alpha value is -1.44. The molecule has 74 valence electrons. The maximum Gasteiger partial charge on any atom is 0.0490 e. The second kappa shape index (κ2) is 3.05. The van der Waals surface area contributed by atoms with Crippen LogP contribution < -0.4 is 5.73 Å². The van der Waals surface area contributed by atoms with E-state index in [9.17, 15) is 0 Å². The van der Waals surface area contributed by atoms with Crippen molar-refractivity contribution in [1.29, 1.82) is 0 Å². The lowest BCUT2D eigenvalue weighted by Crippen LogP contribution is -1.87. The molecule has 0 aliphatic carbocycles. The molecule has 2 aromatic rings. The minimum atomic E-state index is 0.851. The van der Waals surface area contributed by atoms with Crippen molar-refractivity contribution in [3.8, 4) is 0 Å². The van der Waals surface area contributed by atoms with Crippen molar-refractivity contribution in [3.63, 3.8) is 0 Å². The van der Waals surface area contributed by atoms with E-state index in [1.807, 2.05) is 6.07 Å². The van der Waals surface area contributed by atoms with Crippen LogP contribution in [0.3, 0.4) is 0 Å². The number of aromatic amines is 1. The number of aromatic nitrogens is 1. The lowest BCUT2D eigenvalue weighted by atomic mass is 10.1. The third kappa shape index (κ3) is 1.18. The average Bonchev–Trinajstić information content (AvgIpc) is 2.41. The van der Waals surface area contributed by atoms with E-state index >= 15 is 0 Å². The summed E-state index contributed by atoms with van der Waals surface area (Å²) in [5.74, 6) is 0. The highest BCUT2D eigenvalue weighted by Gasteiger charge is 2.08. The summed E-state index contributed by atoms with van der Waals surface area (Å²) in [6.07, 6.45) is 1.05. The van der Waals surface area contributed by atoms with Gasteiger partial charge in [0.05, 0.1) is 0 Å². The van der Waals surface area contributed by atoms with Gasteiger partial charge in [0.2, 0.25) is 0 Å². The molecule has 0 aliphatic heterocycles. The first kappa shape index (κ1) is 9.13. The standard InChI is InChI=1S/C12H16N2/c1-4-10-8(3)14-12-7(2)5-9(13)6-11(10)12/h5-6,14H,4,13H2,1-3H3. The lowest BCUT2D eigenvalue weighted by Gasteiger charge is -2.00. The fourth-order valence-corrected chi connectivity index (χ4v) is 2.14. The first-order valence-corrected chi connectivity index (χ1v) is 5.00. The minimum absolute atomic E-state index is 0.851. The zero-order valence-corrected chi connectivity index (χ0v) is 8.94. The number of hydrogen-bond donors (Lipinski definition) is 2. The summed E-state index contributed by atoms with van der Waals surface area (Å²) in [5.41, 5.74) is 11.8. The molecule has 2 heteroatoms. The maximum absolute atomic E-state index is 5.84. The molecule has 2 nitrogen and oxygen atoms in total. The lowest BCUT2D eigenvalue weighted by molar-refractivity contribution is 1.11. The highest BCUT2D eigenvalue weighted by molar-refractivity contribution is 5.90. The smallest absolute Gasteiger partial charge is 0.0490 e. The number of H-pyrrole nitrogens is 1. The fraction of sp³-hybridized carbons (Fsp3) is 0.333. The molecule has 14 heavy (non-hydrogen) atoms. The Bertz CT molecular complexity index is 481. The molecule has 3 N–H and O–H groups in total. The molecule has 0 unspecified atom stereocenters. The van der Waals surface area contributed by atoms with Gasteiger partial charge in [0.1, 0.15) is 0 Å². The van der Waals surface area contributed by atoms with E-state index in [1.54, 1.807) is 0 Å². The molecule has 0 aliphatic rings. The topological polar surface area (TPSA) is 41.8 Å². The molecule has 1 aromatic carbocycles. The number of anilines is 1. The second-order valence-electron chi connectivity index (χ2n) is 3.84. The van der Waals surface area contributed by atoms with Crippen LogP contribution in [-0.2, 0) is 6.42 Å². The highest BCUT2D eigenvalue weighted by atomic mass is 14.7. The van der Waals surface area contributed by atoms with Crippen molar-refractivity contribution in [2.24, 2.45) is 0 Å². The Morgan fingerprint density at radius 1 is 1.29 bits per heavy atom. The molecular weight excluding hydrogens is 172 g/mol. The van der Waals surface area contributed by atoms with E-state index < -0.39 is 0 Å². The van der Waals surface area contributed by atoms with E-state index in [-0.39, 0.29) is 0 Å². The van der Waals surface area contributed by atoms with E-state index in [0.29, 0.717) is 0 Å². The first-order chi connectivity index (χ1) is 6.63. The molecule has 0 saturated carbocycles. The summed E-state index contributed by atoms with van der Waals surface area (Å²) in [5, 5.41) is 1.28. The predicted molar refractivity (Wildman–Crippen MR) is 61.6 cm³/mol. The Labute approximate surface area is 84.1 Å². The van der Waals surface area contributed by atoms with Crippen LogP contribution in [0.5, 0.6) is 0 Å². The van der Waals surface area contributed by atoms with Crippen LogP contribution >= 0.6 is 0 Å². The molecular formula is C12H16N2. The van der Waals surface area contributed by atoms with Gasteiger partial charge < -0.3 is 10.7 Å². The van der Waals surface area contributed by atoms with E-state index in [2.05, 4.69) is 31.8 Å². The quantitative estimate of drug-likeness (QED) is 0.664. The number of aryl methyl sites for hydroxylation is 3. The fourth-order valence-electron chi connectivity index (χ4n) is 2.14. The number of nitrogens with two attached hydrogens (primary N) is 1. The van der Waals surface area contributed by atoms with Gasteiger partial charge in [-0.2, -0.15) is 0 Å². The number of rotatable bonds is 1. The molecule has 0 bridgehead atoms. The number of nitrogens with one attached hydrogen (secondary N) is 1. The van der Waals surface area contributed by atoms with E-state index in [0.717, 1.165) is 12.1 Å². The van der Waals surface area contributed by atoms with Crippen molar-refractivity contribution < 1.29 is 0 Å². The van der Waals surface area contributed by atoms with Gasteiger partial charge in [-0.05, 0) is 43.5 Å². The molecule has 2 rings (SSSR count). The normalized spacial score (nSPS) is 11.1. The summed E-state index contributed by atoms with van der Waals surface area (Å²) in [7, 11) is 0. The van der Waals surface area contributed by atoms with Gasteiger partial charge in [0.25, 0.3) is 0 Å². The predicted octanol–water partition coefficient (Wildman–Crippen LogP) is 2.93. The van der Waals surface area contributed by atoms with Crippen molar-refractivity contribution in [3.05, 3.63) is 29.0 Å². The van der Waals surface area contributed by atoms with Crippen LogP contribution in [0.2, 0.25) is 0 Å². The van der Waals surface area contributed by atoms with E-state index in [1.165, 1.54) is 27.7 Å². The molecule has 0 radical (unpaired) electrons. The highest BCUT2D eigenvalue weighted by Crippen LogP contribution is 2.27. The molecule has 1 heterocycles. The molecule has 0 atom stereocenters. The summed E-state index contributed by atoms with van der Waals surface area (Å²) in [6, 6.07) is 4.07. The number of hydrogen-bond acceptors (Lipinski definition) is 1.